The summed E-state index contributed by atoms with van der Waals surface area (Å²) in [6, 6.07) is 8.12. The van der Waals surface area contributed by atoms with E-state index in [4.69, 9.17) is 28.3 Å². The molecule has 1 aromatic carbocycles. The summed E-state index contributed by atoms with van der Waals surface area (Å²) in [5.74, 6) is 0.467. The minimum Gasteiger partial charge on any atom is -0.508 e. The van der Waals surface area contributed by atoms with Gasteiger partial charge in [-0.3, -0.25) is 4.79 Å². The molecule has 0 aliphatic heterocycles. The molecule has 2 N–H and O–H groups in total. The third-order valence-electron chi connectivity index (χ3n) is 2.27. The minimum absolute atomic E-state index is 0.191. The largest absolute Gasteiger partial charge is 0.508 e. The number of pyridine rings is 1. The zero-order valence-corrected chi connectivity index (χ0v) is 12.5. The molecule has 2 rings (SSSR count). The summed E-state index contributed by atoms with van der Waals surface area (Å²) in [5.41, 5.74) is 0. The Labute approximate surface area is 130 Å². The lowest BCUT2D eigenvalue weighted by atomic mass is 10.3. The summed E-state index contributed by atoms with van der Waals surface area (Å²) in [7, 11) is 0. The van der Waals surface area contributed by atoms with Crippen LogP contribution >= 0.6 is 35.0 Å². The second-order valence-corrected chi connectivity index (χ2v) is 5.71. The summed E-state index contributed by atoms with van der Waals surface area (Å²) in [6.07, 6.45) is 1.41. The van der Waals surface area contributed by atoms with Crippen LogP contribution in [0.5, 0.6) is 5.75 Å². The van der Waals surface area contributed by atoms with E-state index in [9.17, 15) is 4.79 Å². The molecule has 104 valence electrons. The number of aromatic hydroxyl groups is 1. The number of nitrogens with zero attached hydrogens (tertiary/aromatic N) is 1. The van der Waals surface area contributed by atoms with Gasteiger partial charge in [0.2, 0.25) is 5.91 Å². The normalized spacial score (nSPS) is 10.3. The summed E-state index contributed by atoms with van der Waals surface area (Å²) < 4.78 is 0. The molecule has 0 unspecified atom stereocenters. The Bertz CT molecular complexity index is 620. The van der Waals surface area contributed by atoms with E-state index in [1.165, 1.54) is 24.0 Å². The molecule has 1 amide bonds. The molecule has 0 radical (unpaired) electrons. The fourth-order valence-electron chi connectivity index (χ4n) is 1.37. The van der Waals surface area contributed by atoms with Crippen LogP contribution in [0.25, 0.3) is 0 Å². The van der Waals surface area contributed by atoms with Crippen LogP contribution in [0.3, 0.4) is 0 Å². The first-order valence-electron chi connectivity index (χ1n) is 5.57. The standard InChI is InChI=1S/C13H10Cl2N2O2S/c14-8-5-11(15)13(16-6-8)17-12(19)7-20-10-3-1-9(18)2-4-10/h1-6,18H,7H2,(H,16,17,19). The van der Waals surface area contributed by atoms with Gasteiger partial charge in [0.15, 0.2) is 5.82 Å². The van der Waals surface area contributed by atoms with E-state index < -0.39 is 0 Å². The number of anilines is 1. The SMILES string of the molecule is O=C(CSc1ccc(O)cc1)Nc1ncc(Cl)cc1Cl. The molecule has 2 aromatic rings. The molecule has 20 heavy (non-hydrogen) atoms. The van der Waals surface area contributed by atoms with E-state index in [1.54, 1.807) is 24.3 Å². The maximum absolute atomic E-state index is 11.8. The summed E-state index contributed by atoms with van der Waals surface area (Å²) >= 11 is 13.0. The molecule has 7 heteroatoms. The quantitative estimate of drug-likeness (QED) is 0.837. The number of hydrogen-bond donors (Lipinski definition) is 2. The lowest BCUT2D eigenvalue weighted by molar-refractivity contribution is -0.113. The number of phenolic OH excluding ortho intramolecular Hbond substituents is 1. The molecule has 0 aliphatic rings. The molecule has 0 spiro atoms. The molecule has 0 aliphatic carbocycles. The number of aromatic nitrogens is 1. The van der Waals surface area contributed by atoms with Gasteiger partial charge in [0.05, 0.1) is 15.8 Å². The average Bonchev–Trinajstić information content (AvgIpc) is 2.41. The Morgan fingerprint density at radius 1 is 1.30 bits per heavy atom. The van der Waals surface area contributed by atoms with Crippen molar-refractivity contribution in [3.05, 3.63) is 46.6 Å². The number of thioether (sulfide) groups is 1. The number of phenols is 1. The van der Waals surface area contributed by atoms with Crippen molar-refractivity contribution in [3.63, 3.8) is 0 Å². The maximum atomic E-state index is 11.8. The first kappa shape index (κ1) is 15.0. The summed E-state index contributed by atoms with van der Waals surface area (Å²) in [5, 5.41) is 12.5. The van der Waals surface area contributed by atoms with Crippen molar-refractivity contribution >= 4 is 46.7 Å². The van der Waals surface area contributed by atoms with Crippen LogP contribution in [-0.4, -0.2) is 21.8 Å². The first-order chi connectivity index (χ1) is 9.54. The van der Waals surface area contributed by atoms with Gasteiger partial charge in [-0.2, -0.15) is 0 Å². The van der Waals surface area contributed by atoms with Gasteiger partial charge < -0.3 is 10.4 Å². The number of benzene rings is 1. The third kappa shape index (κ3) is 4.30. The predicted octanol–water partition coefficient (Wildman–Crippen LogP) is 3.82. The molecule has 0 saturated heterocycles. The monoisotopic (exact) mass is 328 g/mol. The van der Waals surface area contributed by atoms with Gasteiger partial charge >= 0.3 is 0 Å². The van der Waals surface area contributed by atoms with Crippen LogP contribution in [0.1, 0.15) is 0 Å². The highest BCUT2D eigenvalue weighted by Crippen LogP contribution is 2.24. The van der Waals surface area contributed by atoms with E-state index in [0.29, 0.717) is 10.0 Å². The van der Waals surface area contributed by atoms with Gasteiger partial charge in [-0.05, 0) is 30.3 Å². The fraction of sp³-hybridized carbons (Fsp3) is 0.0769. The molecule has 0 fully saturated rings. The highest BCUT2D eigenvalue weighted by Gasteiger charge is 2.08. The number of hydrogen-bond acceptors (Lipinski definition) is 4. The summed E-state index contributed by atoms with van der Waals surface area (Å²) in [4.78, 5) is 16.6. The van der Waals surface area contributed by atoms with Crippen molar-refractivity contribution in [2.45, 2.75) is 4.90 Å². The van der Waals surface area contributed by atoms with Gasteiger partial charge in [0.25, 0.3) is 0 Å². The Morgan fingerprint density at radius 2 is 2.00 bits per heavy atom. The lowest BCUT2D eigenvalue weighted by Crippen LogP contribution is -2.15. The summed E-state index contributed by atoms with van der Waals surface area (Å²) in [6.45, 7) is 0. The van der Waals surface area contributed by atoms with Gasteiger partial charge in [-0.1, -0.05) is 23.2 Å². The molecule has 0 saturated carbocycles. The highest BCUT2D eigenvalue weighted by molar-refractivity contribution is 8.00. The van der Waals surface area contributed by atoms with Gasteiger partial charge in [-0.15, -0.1) is 11.8 Å². The van der Waals surface area contributed by atoms with Crippen molar-refractivity contribution in [2.24, 2.45) is 0 Å². The number of nitrogens with one attached hydrogen (secondary N) is 1. The number of amides is 1. The Hall–Kier alpha value is -1.43. The van der Waals surface area contributed by atoms with Crippen LogP contribution in [-0.2, 0) is 4.79 Å². The van der Waals surface area contributed by atoms with E-state index in [2.05, 4.69) is 10.3 Å². The van der Waals surface area contributed by atoms with E-state index in [0.717, 1.165) is 4.90 Å². The van der Waals surface area contributed by atoms with Crippen LogP contribution in [0.2, 0.25) is 10.0 Å². The van der Waals surface area contributed by atoms with Crippen molar-refractivity contribution in [2.75, 3.05) is 11.1 Å². The second kappa shape index (κ2) is 6.83. The number of carbonyl (C=O) groups excluding carboxylic acids is 1. The lowest BCUT2D eigenvalue weighted by Gasteiger charge is -2.06. The molecular weight excluding hydrogens is 319 g/mol. The zero-order chi connectivity index (χ0) is 14.5. The van der Waals surface area contributed by atoms with Crippen molar-refractivity contribution in [1.82, 2.24) is 4.98 Å². The highest BCUT2D eigenvalue weighted by atomic mass is 35.5. The second-order valence-electron chi connectivity index (χ2n) is 3.81. The maximum Gasteiger partial charge on any atom is 0.235 e. The molecular formula is C13H10Cl2N2O2S. The zero-order valence-electron chi connectivity index (χ0n) is 10.1. The van der Waals surface area contributed by atoms with Gasteiger partial charge in [-0.25, -0.2) is 4.98 Å². The molecule has 0 bridgehead atoms. The first-order valence-corrected chi connectivity index (χ1v) is 7.31. The van der Waals surface area contributed by atoms with Crippen molar-refractivity contribution in [1.29, 1.82) is 0 Å². The predicted molar refractivity (Wildman–Crippen MR) is 81.7 cm³/mol. The number of halogens is 2. The Balaban J connectivity index is 1.90. The molecule has 0 atom stereocenters. The third-order valence-corrected chi connectivity index (χ3v) is 3.78. The van der Waals surface area contributed by atoms with Crippen LogP contribution in [0.4, 0.5) is 5.82 Å². The van der Waals surface area contributed by atoms with Crippen LogP contribution in [0, 0.1) is 0 Å². The van der Waals surface area contributed by atoms with E-state index in [-0.39, 0.29) is 23.2 Å². The van der Waals surface area contributed by atoms with E-state index >= 15 is 0 Å². The van der Waals surface area contributed by atoms with Gasteiger partial charge in [0, 0.05) is 11.1 Å². The number of carbonyl (C=O) groups is 1. The van der Waals surface area contributed by atoms with Crippen LogP contribution < -0.4 is 5.32 Å². The van der Waals surface area contributed by atoms with Crippen molar-refractivity contribution in [3.8, 4) is 5.75 Å². The van der Waals surface area contributed by atoms with Crippen LogP contribution in [0.15, 0.2) is 41.4 Å². The Morgan fingerprint density at radius 3 is 2.65 bits per heavy atom. The molecule has 1 heterocycles. The molecule has 4 nitrogen and oxygen atoms in total. The topological polar surface area (TPSA) is 62.2 Å². The smallest absolute Gasteiger partial charge is 0.235 e. The Kier molecular flexibility index (Phi) is 5.11. The average molecular weight is 329 g/mol. The van der Waals surface area contributed by atoms with Gasteiger partial charge in [0.1, 0.15) is 5.75 Å². The number of rotatable bonds is 4. The van der Waals surface area contributed by atoms with E-state index in [1.807, 2.05) is 0 Å². The fourth-order valence-corrected chi connectivity index (χ4v) is 2.49. The van der Waals surface area contributed by atoms with Crippen molar-refractivity contribution < 1.29 is 9.90 Å². The minimum atomic E-state index is -0.222. The molecule has 1 aromatic heterocycles.